The van der Waals surface area contributed by atoms with Gasteiger partial charge in [0.25, 0.3) is 0 Å². The Hall–Kier alpha value is -1.36. The van der Waals surface area contributed by atoms with E-state index in [1.807, 2.05) is 31.2 Å². The van der Waals surface area contributed by atoms with Gasteiger partial charge < -0.3 is 10.0 Å². The van der Waals surface area contributed by atoms with Crippen molar-refractivity contribution in [1.82, 2.24) is 4.90 Å². The number of hydrogen-bond acceptors (Lipinski definition) is 2. The Balaban J connectivity index is 1.98. The predicted molar refractivity (Wildman–Crippen MR) is 84.1 cm³/mol. The molecule has 1 aliphatic rings. The summed E-state index contributed by atoms with van der Waals surface area (Å²) in [4.78, 5) is 25.1. The minimum atomic E-state index is -0.800. The second-order valence-corrected chi connectivity index (χ2v) is 6.50. The number of nitrogens with zero attached hydrogens (tertiary/aromatic N) is 1. The Morgan fingerprint density at radius 1 is 1.43 bits per heavy atom. The first-order valence-electron chi connectivity index (χ1n) is 7.24. The molecule has 0 unspecified atom stereocenters. The van der Waals surface area contributed by atoms with E-state index >= 15 is 0 Å². The summed E-state index contributed by atoms with van der Waals surface area (Å²) >= 11 is 3.51. The minimum Gasteiger partial charge on any atom is -0.481 e. The summed E-state index contributed by atoms with van der Waals surface area (Å²) in [5, 5.41) is 9.09. The molecule has 4 nitrogen and oxygen atoms in total. The van der Waals surface area contributed by atoms with Gasteiger partial charge in [-0.15, -0.1) is 0 Å². The average Bonchev–Trinajstić information content (AvgIpc) is 2.47. The van der Waals surface area contributed by atoms with Crippen LogP contribution in [0.2, 0.25) is 0 Å². The maximum Gasteiger partial charge on any atom is 0.308 e. The van der Waals surface area contributed by atoms with Gasteiger partial charge in [-0.25, -0.2) is 0 Å². The van der Waals surface area contributed by atoms with Gasteiger partial charge in [-0.1, -0.05) is 41.1 Å². The molecule has 1 fully saturated rings. The molecule has 1 aromatic rings. The average molecular weight is 354 g/mol. The quantitative estimate of drug-likeness (QED) is 0.903. The molecule has 1 amide bonds. The maximum absolute atomic E-state index is 12.4. The molecule has 0 bridgehead atoms. The number of piperidine rings is 1. The highest BCUT2D eigenvalue weighted by atomic mass is 79.9. The number of aliphatic carboxylic acids is 1. The van der Waals surface area contributed by atoms with Crippen LogP contribution >= 0.6 is 15.9 Å². The van der Waals surface area contributed by atoms with Crippen molar-refractivity contribution in [3.8, 4) is 0 Å². The van der Waals surface area contributed by atoms with Crippen LogP contribution in [-0.2, 0) is 9.59 Å². The number of amides is 1. The molecule has 0 spiro atoms. The summed E-state index contributed by atoms with van der Waals surface area (Å²) < 4.78 is 1.01. The highest BCUT2D eigenvalue weighted by molar-refractivity contribution is 9.10. The van der Waals surface area contributed by atoms with Crippen molar-refractivity contribution in [1.29, 1.82) is 0 Å². The molecule has 0 aliphatic carbocycles. The number of hydrogen-bond donors (Lipinski definition) is 1. The lowest BCUT2D eigenvalue weighted by molar-refractivity contribution is -0.145. The van der Waals surface area contributed by atoms with Crippen LogP contribution in [-0.4, -0.2) is 35.0 Å². The van der Waals surface area contributed by atoms with Crippen molar-refractivity contribution in [2.24, 2.45) is 5.92 Å². The molecule has 1 heterocycles. The van der Waals surface area contributed by atoms with Crippen LogP contribution in [0.25, 0.3) is 0 Å². The van der Waals surface area contributed by atoms with Crippen molar-refractivity contribution in [3.05, 3.63) is 34.3 Å². The monoisotopic (exact) mass is 353 g/mol. The van der Waals surface area contributed by atoms with Crippen molar-refractivity contribution in [3.63, 3.8) is 0 Å². The summed E-state index contributed by atoms with van der Waals surface area (Å²) in [5.41, 5.74) is 1.11. The minimum absolute atomic E-state index is 0.0456. The van der Waals surface area contributed by atoms with Gasteiger partial charge in [-0.05, 0) is 30.4 Å². The highest BCUT2D eigenvalue weighted by Crippen LogP contribution is 2.28. The van der Waals surface area contributed by atoms with Crippen LogP contribution in [0.3, 0.4) is 0 Å². The van der Waals surface area contributed by atoms with Crippen LogP contribution in [0.5, 0.6) is 0 Å². The first kappa shape index (κ1) is 16.0. The van der Waals surface area contributed by atoms with Gasteiger partial charge in [-0.2, -0.15) is 0 Å². The maximum atomic E-state index is 12.4. The summed E-state index contributed by atoms with van der Waals surface area (Å²) in [6, 6.07) is 7.89. The number of carboxylic acid groups (broad SMARTS) is 1. The molecular weight excluding hydrogens is 334 g/mol. The Morgan fingerprint density at radius 2 is 2.14 bits per heavy atom. The molecule has 1 N–H and O–H groups in total. The smallest absolute Gasteiger partial charge is 0.308 e. The van der Waals surface area contributed by atoms with Gasteiger partial charge in [0.15, 0.2) is 0 Å². The Bertz CT molecular complexity index is 532. The van der Waals surface area contributed by atoms with E-state index < -0.39 is 11.9 Å². The van der Waals surface area contributed by atoms with Gasteiger partial charge in [0.05, 0.1) is 5.92 Å². The Morgan fingerprint density at radius 3 is 2.81 bits per heavy atom. The fourth-order valence-electron chi connectivity index (χ4n) is 2.78. The molecule has 5 heteroatoms. The number of carbonyl (C=O) groups is 2. The van der Waals surface area contributed by atoms with E-state index in [4.69, 9.17) is 5.11 Å². The molecule has 0 aromatic heterocycles. The lowest BCUT2D eigenvalue weighted by Crippen LogP contribution is -2.42. The fourth-order valence-corrected chi connectivity index (χ4v) is 3.46. The second kappa shape index (κ2) is 7.07. The zero-order valence-corrected chi connectivity index (χ0v) is 13.7. The van der Waals surface area contributed by atoms with E-state index in [2.05, 4.69) is 15.9 Å². The zero-order chi connectivity index (χ0) is 15.4. The Labute approximate surface area is 133 Å². The van der Waals surface area contributed by atoms with Crippen molar-refractivity contribution >= 4 is 27.8 Å². The molecule has 1 aromatic carbocycles. The number of rotatable bonds is 4. The third-order valence-corrected chi connectivity index (χ3v) is 4.76. The van der Waals surface area contributed by atoms with Crippen molar-refractivity contribution in [2.45, 2.75) is 32.1 Å². The standard InChI is InChI=1S/C16H20BrNO3/c1-11(13-6-2-3-7-14(13)17)9-15(19)18-8-4-5-12(10-18)16(20)21/h2-3,6-7,11-12H,4-5,8-10H2,1H3,(H,20,21)/t11-,12-/m0/s1. The molecule has 0 radical (unpaired) electrons. The Kier molecular flexibility index (Phi) is 5.39. The van der Waals surface area contributed by atoms with E-state index in [0.717, 1.165) is 16.5 Å². The molecule has 21 heavy (non-hydrogen) atoms. The molecule has 114 valence electrons. The largest absolute Gasteiger partial charge is 0.481 e. The van der Waals surface area contributed by atoms with Gasteiger partial charge in [0.2, 0.25) is 5.91 Å². The molecule has 2 rings (SSSR count). The van der Waals surface area contributed by atoms with Gasteiger partial charge in [0, 0.05) is 24.0 Å². The third-order valence-electron chi connectivity index (χ3n) is 4.04. The van der Waals surface area contributed by atoms with Crippen molar-refractivity contribution < 1.29 is 14.7 Å². The van der Waals surface area contributed by atoms with Gasteiger partial charge >= 0.3 is 5.97 Å². The predicted octanol–water partition coefficient (Wildman–Crippen LogP) is 3.27. The topological polar surface area (TPSA) is 57.6 Å². The number of likely N-dealkylation sites (tertiary alicyclic amines) is 1. The third kappa shape index (κ3) is 4.06. The summed E-state index contributed by atoms with van der Waals surface area (Å²) in [7, 11) is 0. The lowest BCUT2D eigenvalue weighted by atomic mass is 9.94. The number of carboxylic acids is 1. The van der Waals surface area contributed by atoms with Crippen LogP contribution in [0, 0.1) is 5.92 Å². The van der Waals surface area contributed by atoms with Gasteiger partial charge in [-0.3, -0.25) is 9.59 Å². The highest BCUT2D eigenvalue weighted by Gasteiger charge is 2.28. The zero-order valence-electron chi connectivity index (χ0n) is 12.1. The normalized spacial score (nSPS) is 20.1. The molecule has 1 aliphatic heterocycles. The van der Waals surface area contributed by atoms with Crippen LogP contribution in [0.1, 0.15) is 37.7 Å². The molecule has 2 atom stereocenters. The van der Waals surface area contributed by atoms with Crippen LogP contribution in [0.4, 0.5) is 0 Å². The lowest BCUT2D eigenvalue weighted by Gasteiger charge is -2.31. The van der Waals surface area contributed by atoms with E-state index in [9.17, 15) is 9.59 Å². The number of halogens is 1. The van der Waals surface area contributed by atoms with E-state index in [0.29, 0.717) is 25.9 Å². The van der Waals surface area contributed by atoms with Crippen molar-refractivity contribution in [2.75, 3.05) is 13.1 Å². The van der Waals surface area contributed by atoms with Crippen LogP contribution in [0.15, 0.2) is 28.7 Å². The van der Waals surface area contributed by atoms with E-state index in [1.165, 1.54) is 0 Å². The molecular formula is C16H20BrNO3. The van der Waals surface area contributed by atoms with Gasteiger partial charge in [0.1, 0.15) is 0 Å². The number of benzene rings is 1. The first-order chi connectivity index (χ1) is 9.99. The molecule has 0 saturated carbocycles. The SMILES string of the molecule is C[C@@H](CC(=O)N1CCC[C@H](C(=O)O)C1)c1ccccc1Br. The molecule has 1 saturated heterocycles. The number of carbonyl (C=O) groups excluding carboxylic acids is 1. The second-order valence-electron chi connectivity index (χ2n) is 5.64. The van der Waals surface area contributed by atoms with E-state index in [-0.39, 0.29) is 11.8 Å². The summed E-state index contributed by atoms with van der Waals surface area (Å²) in [6.07, 6.45) is 1.85. The van der Waals surface area contributed by atoms with E-state index in [1.54, 1.807) is 4.90 Å². The first-order valence-corrected chi connectivity index (χ1v) is 8.03. The fraction of sp³-hybridized carbons (Fsp3) is 0.500. The summed E-state index contributed by atoms with van der Waals surface area (Å²) in [5.74, 6) is -1.06. The summed E-state index contributed by atoms with van der Waals surface area (Å²) in [6.45, 7) is 3.04. The van der Waals surface area contributed by atoms with Crippen LogP contribution < -0.4 is 0 Å².